The van der Waals surface area contributed by atoms with Crippen LogP contribution in [0.2, 0.25) is 13.3 Å². The van der Waals surface area contributed by atoms with E-state index in [-0.39, 0.29) is 0 Å². The summed E-state index contributed by atoms with van der Waals surface area (Å²) < 4.78 is 12.0. The van der Waals surface area contributed by atoms with Crippen LogP contribution in [0, 0.1) is 0 Å². The Balaban J connectivity index is 5.44. The third-order valence-electron chi connectivity index (χ3n) is 4.23. The molecule has 1 nitrogen and oxygen atoms in total. The Morgan fingerprint density at radius 2 is 1.33 bits per heavy atom. The standard InChI is InChI=1S/C7H11O.3C4H9.Sn/c1-4-8-6-5-7(2)3;3*1-3-4-2;/h5H,2,4H2,1,3H3;3*1,3-4H2,2H3;. The van der Waals surface area contributed by atoms with E-state index < -0.39 is 18.4 Å². The molecule has 0 fully saturated rings. The molecule has 0 N–H and O–H groups in total. The summed E-state index contributed by atoms with van der Waals surface area (Å²) in [5, 5.41) is 0. The second kappa shape index (κ2) is 12.6. The molecule has 0 aliphatic rings. The molecule has 0 bridgehead atoms. The van der Waals surface area contributed by atoms with Crippen molar-refractivity contribution in [2.45, 2.75) is 86.5 Å². The van der Waals surface area contributed by atoms with E-state index in [1.807, 2.05) is 0 Å². The Morgan fingerprint density at radius 3 is 1.62 bits per heavy atom. The van der Waals surface area contributed by atoms with Gasteiger partial charge in [-0.2, -0.15) is 0 Å². The number of hydrogen-bond donors (Lipinski definition) is 0. The van der Waals surface area contributed by atoms with Gasteiger partial charge >= 0.3 is 138 Å². The van der Waals surface area contributed by atoms with Gasteiger partial charge in [-0.15, -0.1) is 0 Å². The van der Waals surface area contributed by atoms with Gasteiger partial charge < -0.3 is 0 Å². The van der Waals surface area contributed by atoms with Gasteiger partial charge in [-0.25, -0.2) is 0 Å². The van der Waals surface area contributed by atoms with E-state index in [4.69, 9.17) is 4.74 Å². The van der Waals surface area contributed by atoms with Crippen molar-refractivity contribution in [1.82, 2.24) is 0 Å². The molecule has 124 valence electrons. The molecular formula is C19H38OSn. The van der Waals surface area contributed by atoms with Crippen LogP contribution in [0.1, 0.15) is 73.1 Å². The Bertz CT molecular complexity index is 285. The topological polar surface area (TPSA) is 9.23 Å². The zero-order chi connectivity index (χ0) is 16.1. The zero-order valence-corrected chi connectivity index (χ0v) is 18.1. The summed E-state index contributed by atoms with van der Waals surface area (Å²) in [6.45, 7) is 16.1. The summed E-state index contributed by atoms with van der Waals surface area (Å²) in [5.41, 5.74) is 1.16. The summed E-state index contributed by atoms with van der Waals surface area (Å²) in [6.07, 6.45) is 10.4. The van der Waals surface area contributed by atoms with Crippen molar-refractivity contribution in [3.05, 3.63) is 22.0 Å². The van der Waals surface area contributed by atoms with Crippen LogP contribution in [0.25, 0.3) is 0 Å². The molecule has 21 heavy (non-hydrogen) atoms. The Kier molecular flexibility index (Phi) is 12.7. The first kappa shape index (κ1) is 21.1. The van der Waals surface area contributed by atoms with E-state index in [2.05, 4.69) is 47.3 Å². The molecular weight excluding hydrogens is 363 g/mol. The maximum absolute atomic E-state index is 6.20. The monoisotopic (exact) mass is 402 g/mol. The third kappa shape index (κ3) is 8.32. The van der Waals surface area contributed by atoms with Crippen LogP contribution in [0.4, 0.5) is 0 Å². The first-order valence-electron chi connectivity index (χ1n) is 9.06. The summed E-state index contributed by atoms with van der Waals surface area (Å²) in [4.78, 5) is 0. The first-order chi connectivity index (χ1) is 10.1. The summed E-state index contributed by atoms with van der Waals surface area (Å²) in [6, 6.07) is 0. The van der Waals surface area contributed by atoms with E-state index in [1.165, 1.54) is 55.6 Å². The van der Waals surface area contributed by atoms with Crippen molar-refractivity contribution in [3.63, 3.8) is 0 Å². The predicted molar refractivity (Wildman–Crippen MR) is 99.4 cm³/mol. The van der Waals surface area contributed by atoms with Crippen LogP contribution in [0.3, 0.4) is 0 Å². The molecule has 0 aliphatic carbocycles. The van der Waals surface area contributed by atoms with E-state index >= 15 is 0 Å². The fraction of sp³-hybridized carbons (Fsp3) is 0.789. The summed E-state index contributed by atoms with van der Waals surface area (Å²) in [7, 11) is 0. The quantitative estimate of drug-likeness (QED) is 0.186. The van der Waals surface area contributed by atoms with Gasteiger partial charge in [0.05, 0.1) is 0 Å². The van der Waals surface area contributed by atoms with Crippen LogP contribution < -0.4 is 0 Å². The van der Waals surface area contributed by atoms with E-state index in [0.29, 0.717) is 0 Å². The van der Waals surface area contributed by atoms with Crippen LogP contribution in [0.15, 0.2) is 22.0 Å². The van der Waals surface area contributed by atoms with Gasteiger partial charge in [0.15, 0.2) is 0 Å². The molecule has 0 rings (SSSR count). The number of unbranched alkanes of at least 4 members (excludes halogenated alkanes) is 3. The zero-order valence-electron chi connectivity index (χ0n) is 15.3. The van der Waals surface area contributed by atoms with Crippen molar-refractivity contribution in [2.75, 3.05) is 6.61 Å². The molecule has 0 radical (unpaired) electrons. The Hall–Kier alpha value is 0.0787. The van der Waals surface area contributed by atoms with Crippen LogP contribution in [-0.4, -0.2) is 25.0 Å². The van der Waals surface area contributed by atoms with Crippen molar-refractivity contribution in [2.24, 2.45) is 0 Å². The second-order valence-corrected chi connectivity index (χ2v) is 19.4. The third-order valence-corrected chi connectivity index (χ3v) is 19.3. The molecule has 0 aliphatic heterocycles. The maximum atomic E-state index is 6.20. The molecule has 0 saturated heterocycles. The van der Waals surface area contributed by atoms with Crippen molar-refractivity contribution < 1.29 is 4.74 Å². The van der Waals surface area contributed by atoms with Gasteiger partial charge in [0, 0.05) is 0 Å². The molecule has 0 aromatic heterocycles. The Labute approximate surface area is 138 Å². The molecule has 0 amide bonds. The van der Waals surface area contributed by atoms with Crippen LogP contribution in [-0.2, 0) is 4.74 Å². The molecule has 0 aromatic rings. The molecule has 0 unspecified atom stereocenters. The van der Waals surface area contributed by atoms with Gasteiger partial charge in [0.2, 0.25) is 0 Å². The average Bonchev–Trinajstić information content (AvgIpc) is 2.46. The second-order valence-electron chi connectivity index (χ2n) is 6.38. The van der Waals surface area contributed by atoms with Crippen LogP contribution >= 0.6 is 0 Å². The SMILES string of the molecule is C=C(C)/C=[C](\OCC)[Sn]([CH2]CCC)([CH2]CCC)[CH2]CCC. The summed E-state index contributed by atoms with van der Waals surface area (Å²) >= 11 is -2.38. The van der Waals surface area contributed by atoms with Gasteiger partial charge in [-0.1, -0.05) is 0 Å². The first-order valence-corrected chi connectivity index (χ1v) is 16.5. The molecule has 0 aromatic carbocycles. The molecule has 0 heterocycles. The van der Waals surface area contributed by atoms with Crippen LogP contribution in [0.5, 0.6) is 0 Å². The molecule has 2 heteroatoms. The fourth-order valence-electron chi connectivity index (χ4n) is 3.02. The van der Waals surface area contributed by atoms with Crippen molar-refractivity contribution in [1.29, 1.82) is 0 Å². The van der Waals surface area contributed by atoms with Gasteiger partial charge in [0.1, 0.15) is 0 Å². The summed E-state index contributed by atoms with van der Waals surface area (Å²) in [5.74, 6) is 0. The average molecular weight is 401 g/mol. The normalized spacial score (nSPS) is 12.5. The molecule has 0 saturated carbocycles. The van der Waals surface area contributed by atoms with E-state index in [0.717, 1.165) is 12.2 Å². The number of ether oxygens (including phenoxy) is 1. The number of hydrogen-bond acceptors (Lipinski definition) is 1. The minimum atomic E-state index is -2.38. The van der Waals surface area contributed by atoms with E-state index in [9.17, 15) is 0 Å². The number of allylic oxidation sites excluding steroid dienone is 2. The van der Waals surface area contributed by atoms with Gasteiger partial charge in [-0.05, 0) is 0 Å². The predicted octanol–water partition coefficient (Wildman–Crippen LogP) is 6.87. The van der Waals surface area contributed by atoms with Gasteiger partial charge in [-0.3, -0.25) is 0 Å². The Morgan fingerprint density at radius 1 is 0.905 bits per heavy atom. The number of rotatable bonds is 13. The van der Waals surface area contributed by atoms with Crippen molar-refractivity contribution >= 4 is 18.4 Å². The molecule has 0 atom stereocenters. The fourth-order valence-corrected chi connectivity index (χ4v) is 19.0. The van der Waals surface area contributed by atoms with Gasteiger partial charge in [0.25, 0.3) is 0 Å². The molecule has 0 spiro atoms. The van der Waals surface area contributed by atoms with Crippen molar-refractivity contribution in [3.8, 4) is 0 Å². The minimum absolute atomic E-state index is 0.808. The van der Waals surface area contributed by atoms with E-state index in [1.54, 1.807) is 0 Å².